The summed E-state index contributed by atoms with van der Waals surface area (Å²) in [6, 6.07) is 36.7. The second kappa shape index (κ2) is 6.99. The highest BCUT2D eigenvalue weighted by Crippen LogP contribution is 2.45. The molecule has 0 atom stereocenters. The molecule has 8 rings (SSSR count). The third-order valence-electron chi connectivity index (χ3n) is 7.69. The molecule has 0 saturated heterocycles. The Bertz CT molecular complexity index is 2160. The molecule has 36 heavy (non-hydrogen) atoms. The third kappa shape index (κ3) is 2.46. The minimum Gasteiger partial charge on any atom is -0.203 e. The van der Waals surface area contributed by atoms with E-state index in [1.54, 1.807) is 12.1 Å². The van der Waals surface area contributed by atoms with E-state index in [1.165, 1.54) is 16.3 Å². The predicted octanol–water partition coefficient (Wildman–Crippen LogP) is 9.99. The van der Waals surface area contributed by atoms with Crippen molar-refractivity contribution in [2.24, 2.45) is 0 Å². The van der Waals surface area contributed by atoms with E-state index in [-0.39, 0.29) is 0 Å². The maximum Gasteiger partial charge on any atom is 0.167 e. The summed E-state index contributed by atoms with van der Waals surface area (Å²) in [4.78, 5) is 0. The van der Waals surface area contributed by atoms with Gasteiger partial charge in [-0.1, -0.05) is 91.0 Å². The van der Waals surface area contributed by atoms with Crippen LogP contribution in [0.15, 0.2) is 109 Å². The van der Waals surface area contributed by atoms with Gasteiger partial charge in [-0.2, -0.15) is 0 Å². The number of halogens is 2. The van der Waals surface area contributed by atoms with Gasteiger partial charge in [0.15, 0.2) is 11.6 Å². The Balaban J connectivity index is 1.67. The highest BCUT2D eigenvalue weighted by atomic mass is 19.2. The molecule has 0 aliphatic heterocycles. The normalized spacial score (nSPS) is 12.2. The van der Waals surface area contributed by atoms with E-state index in [4.69, 9.17) is 0 Å². The first-order valence-electron chi connectivity index (χ1n) is 12.1. The number of rotatable bonds is 1. The minimum absolute atomic E-state index is 0.331. The Hall–Kier alpha value is -4.56. The molecule has 0 aliphatic carbocycles. The zero-order chi connectivity index (χ0) is 24.0. The summed E-state index contributed by atoms with van der Waals surface area (Å²) in [6.07, 6.45) is 0. The van der Waals surface area contributed by atoms with Crippen molar-refractivity contribution in [3.63, 3.8) is 0 Å². The van der Waals surface area contributed by atoms with Crippen molar-refractivity contribution >= 4 is 64.6 Å². The molecule has 0 aliphatic rings. The second-order valence-electron chi connectivity index (χ2n) is 9.54. The summed E-state index contributed by atoms with van der Waals surface area (Å²) in [5, 5.41) is 10.9. The van der Waals surface area contributed by atoms with E-state index in [9.17, 15) is 0 Å². The van der Waals surface area contributed by atoms with E-state index in [2.05, 4.69) is 66.7 Å². The highest BCUT2D eigenvalue weighted by Gasteiger charge is 2.21. The van der Waals surface area contributed by atoms with Crippen molar-refractivity contribution in [2.45, 2.75) is 0 Å². The Labute approximate surface area is 205 Å². The fourth-order valence-electron chi connectivity index (χ4n) is 6.17. The SMILES string of the molecule is Fc1c(F)c2cccc3c4cc5c(-c6ccccc6)c6ccccc6cc5cc4c4cccc1c4c23. The molecular weight excluding hydrogens is 446 g/mol. The van der Waals surface area contributed by atoms with Gasteiger partial charge in [-0.3, -0.25) is 0 Å². The fraction of sp³-hybridized carbons (Fsp3) is 0. The molecule has 0 radical (unpaired) electrons. The molecule has 0 N–H and O–H groups in total. The van der Waals surface area contributed by atoms with Crippen LogP contribution in [0.2, 0.25) is 0 Å². The molecule has 0 amide bonds. The molecule has 8 aromatic rings. The Morgan fingerprint density at radius 2 is 0.917 bits per heavy atom. The quantitative estimate of drug-likeness (QED) is 0.167. The average molecular weight is 465 g/mol. The minimum atomic E-state index is -0.781. The predicted molar refractivity (Wildman–Crippen MR) is 148 cm³/mol. The molecule has 0 fully saturated rings. The molecule has 0 saturated carbocycles. The van der Waals surface area contributed by atoms with E-state index in [0.29, 0.717) is 10.8 Å². The molecule has 0 heterocycles. The van der Waals surface area contributed by atoms with Gasteiger partial charge in [0.2, 0.25) is 0 Å². The van der Waals surface area contributed by atoms with Gasteiger partial charge in [0, 0.05) is 21.5 Å². The Kier molecular flexibility index (Phi) is 3.83. The number of fused-ring (bicyclic) bond motifs is 5. The van der Waals surface area contributed by atoms with Gasteiger partial charge >= 0.3 is 0 Å². The van der Waals surface area contributed by atoms with Crippen LogP contribution in [-0.2, 0) is 0 Å². The van der Waals surface area contributed by atoms with Crippen LogP contribution >= 0.6 is 0 Å². The van der Waals surface area contributed by atoms with E-state index < -0.39 is 11.6 Å². The zero-order valence-electron chi connectivity index (χ0n) is 19.1. The first-order chi connectivity index (χ1) is 17.7. The summed E-state index contributed by atoms with van der Waals surface area (Å²) in [5.41, 5.74) is 2.34. The van der Waals surface area contributed by atoms with Crippen molar-refractivity contribution in [1.82, 2.24) is 0 Å². The van der Waals surface area contributed by atoms with Crippen molar-refractivity contribution < 1.29 is 8.78 Å². The fourth-order valence-corrected chi connectivity index (χ4v) is 6.17. The van der Waals surface area contributed by atoms with Gasteiger partial charge in [0.05, 0.1) is 0 Å². The van der Waals surface area contributed by atoms with Gasteiger partial charge in [-0.25, -0.2) is 8.78 Å². The van der Waals surface area contributed by atoms with Gasteiger partial charge < -0.3 is 0 Å². The summed E-state index contributed by atoms with van der Waals surface area (Å²) in [6.45, 7) is 0. The van der Waals surface area contributed by atoms with Gasteiger partial charge in [-0.05, 0) is 72.4 Å². The average Bonchev–Trinajstić information content (AvgIpc) is 2.93. The molecule has 0 aromatic heterocycles. The van der Waals surface area contributed by atoms with Crippen molar-refractivity contribution in [3.05, 3.63) is 121 Å². The molecule has 2 heteroatoms. The maximum absolute atomic E-state index is 15.2. The zero-order valence-corrected chi connectivity index (χ0v) is 19.1. The van der Waals surface area contributed by atoms with Gasteiger partial charge in [-0.15, -0.1) is 0 Å². The molecule has 0 spiro atoms. The summed E-state index contributed by atoms with van der Waals surface area (Å²) in [7, 11) is 0. The lowest BCUT2D eigenvalue weighted by Crippen LogP contribution is -1.94. The summed E-state index contributed by atoms with van der Waals surface area (Å²) < 4.78 is 30.3. The molecule has 0 bridgehead atoms. The van der Waals surface area contributed by atoms with Crippen LogP contribution in [-0.4, -0.2) is 0 Å². The van der Waals surface area contributed by atoms with E-state index in [0.717, 1.165) is 48.7 Å². The molecular formula is C34H18F2. The van der Waals surface area contributed by atoms with E-state index in [1.807, 2.05) is 30.3 Å². The number of benzene rings is 8. The van der Waals surface area contributed by atoms with Crippen LogP contribution in [0.5, 0.6) is 0 Å². The monoisotopic (exact) mass is 464 g/mol. The van der Waals surface area contributed by atoms with Crippen LogP contribution in [0.3, 0.4) is 0 Å². The van der Waals surface area contributed by atoms with Gasteiger partial charge in [0.1, 0.15) is 0 Å². The summed E-state index contributed by atoms with van der Waals surface area (Å²) in [5.74, 6) is -1.56. The lowest BCUT2D eigenvalue weighted by molar-refractivity contribution is 0.525. The van der Waals surface area contributed by atoms with Crippen LogP contribution < -0.4 is 0 Å². The topological polar surface area (TPSA) is 0 Å². The maximum atomic E-state index is 15.2. The van der Waals surface area contributed by atoms with Crippen LogP contribution in [0.4, 0.5) is 8.78 Å². The van der Waals surface area contributed by atoms with Crippen molar-refractivity contribution in [2.75, 3.05) is 0 Å². The largest absolute Gasteiger partial charge is 0.203 e. The first kappa shape index (κ1) is 19.7. The molecule has 168 valence electrons. The summed E-state index contributed by atoms with van der Waals surface area (Å²) >= 11 is 0. The third-order valence-corrected chi connectivity index (χ3v) is 7.69. The van der Waals surface area contributed by atoms with Crippen LogP contribution in [0.25, 0.3) is 75.8 Å². The lowest BCUT2D eigenvalue weighted by Gasteiger charge is -2.18. The lowest BCUT2D eigenvalue weighted by atomic mass is 9.85. The number of hydrogen-bond acceptors (Lipinski definition) is 0. The second-order valence-corrected chi connectivity index (χ2v) is 9.54. The van der Waals surface area contributed by atoms with Crippen LogP contribution in [0.1, 0.15) is 0 Å². The smallest absolute Gasteiger partial charge is 0.167 e. The molecule has 8 aromatic carbocycles. The molecule has 0 nitrogen and oxygen atoms in total. The van der Waals surface area contributed by atoms with Crippen molar-refractivity contribution in [3.8, 4) is 11.1 Å². The first-order valence-corrected chi connectivity index (χ1v) is 12.1. The van der Waals surface area contributed by atoms with Crippen LogP contribution in [0, 0.1) is 11.6 Å². The van der Waals surface area contributed by atoms with Crippen molar-refractivity contribution in [1.29, 1.82) is 0 Å². The number of hydrogen-bond donors (Lipinski definition) is 0. The van der Waals surface area contributed by atoms with E-state index >= 15 is 8.78 Å². The Morgan fingerprint density at radius 3 is 1.61 bits per heavy atom. The highest BCUT2D eigenvalue weighted by molar-refractivity contribution is 6.35. The van der Waals surface area contributed by atoms with Gasteiger partial charge in [0.25, 0.3) is 0 Å². The standard InChI is InChI=1S/C34H18F2/c35-33-25-14-6-12-23-28-17-21-16-20-10-4-5-11-22(20)30(19-8-2-1-3-9-19)27(21)18-29(28)24-13-7-15-26(34(33)36)32(24)31(23)25/h1-18H. The molecule has 0 unspecified atom stereocenters. The Morgan fingerprint density at radius 1 is 0.361 bits per heavy atom.